The molecule has 1 fully saturated rings. The Bertz CT molecular complexity index is 1240. The molecule has 1 aliphatic heterocycles. The molecular formula is C20H17ClF3N5O3. The molecule has 0 aliphatic carbocycles. The first-order valence-corrected chi connectivity index (χ1v) is 10.0. The number of nitro benzene ring substituents is 1. The van der Waals surface area contributed by atoms with Crippen LogP contribution in [-0.2, 0) is 12.7 Å². The van der Waals surface area contributed by atoms with Crippen LogP contribution in [0.25, 0.3) is 10.9 Å². The molecule has 0 saturated carbocycles. The Morgan fingerprint density at radius 3 is 2.50 bits per heavy atom. The lowest BCUT2D eigenvalue weighted by Crippen LogP contribution is -2.46. The maximum Gasteiger partial charge on any atom is 0.416 e. The summed E-state index contributed by atoms with van der Waals surface area (Å²) in [5.41, 5.74) is -1.28. The van der Waals surface area contributed by atoms with Crippen molar-refractivity contribution >= 4 is 33.9 Å². The molecule has 0 bridgehead atoms. The van der Waals surface area contributed by atoms with Gasteiger partial charge in [-0.25, -0.2) is 4.98 Å². The Balaban J connectivity index is 1.49. The molecular weight excluding hydrogens is 451 g/mol. The fourth-order valence-corrected chi connectivity index (χ4v) is 3.87. The van der Waals surface area contributed by atoms with Crippen LogP contribution in [0.2, 0.25) is 5.02 Å². The zero-order valence-electron chi connectivity index (χ0n) is 16.5. The van der Waals surface area contributed by atoms with Gasteiger partial charge in [0, 0.05) is 37.3 Å². The SMILES string of the molecule is O=c1[nH]c(CN2CCN(c3ccc(C(F)(F)F)cc3[N+](=O)[O-])CC2)nc2cc(Cl)ccc12. The largest absolute Gasteiger partial charge is 0.416 e. The molecule has 1 aromatic heterocycles. The highest BCUT2D eigenvalue weighted by Gasteiger charge is 2.34. The standard InChI is InChI=1S/C20H17ClF3N5O3/c21-13-2-3-14-15(10-13)25-18(26-19(14)30)11-27-5-7-28(8-6-27)16-4-1-12(20(22,23)24)9-17(16)29(31)32/h1-4,9-10H,5-8,11H2,(H,25,26,30). The van der Waals surface area contributed by atoms with Crippen molar-refractivity contribution in [2.24, 2.45) is 0 Å². The fraction of sp³-hybridized carbons (Fsp3) is 0.300. The maximum atomic E-state index is 12.9. The van der Waals surface area contributed by atoms with E-state index in [2.05, 4.69) is 9.97 Å². The number of nitrogens with zero attached hydrogens (tertiary/aromatic N) is 4. The number of nitro groups is 1. The van der Waals surface area contributed by atoms with Gasteiger partial charge in [-0.2, -0.15) is 13.2 Å². The van der Waals surface area contributed by atoms with Gasteiger partial charge in [-0.1, -0.05) is 11.6 Å². The van der Waals surface area contributed by atoms with E-state index in [4.69, 9.17) is 11.6 Å². The van der Waals surface area contributed by atoms with Crippen molar-refractivity contribution in [3.63, 3.8) is 0 Å². The van der Waals surface area contributed by atoms with Crippen molar-refractivity contribution in [3.8, 4) is 0 Å². The molecule has 2 aromatic carbocycles. The summed E-state index contributed by atoms with van der Waals surface area (Å²) >= 11 is 5.98. The molecule has 0 atom stereocenters. The maximum absolute atomic E-state index is 12.9. The molecule has 0 spiro atoms. The molecule has 1 saturated heterocycles. The van der Waals surface area contributed by atoms with Gasteiger partial charge in [0.2, 0.25) is 0 Å². The van der Waals surface area contributed by atoms with E-state index < -0.39 is 22.4 Å². The Morgan fingerprint density at radius 2 is 1.84 bits per heavy atom. The van der Waals surface area contributed by atoms with E-state index in [1.807, 2.05) is 4.90 Å². The summed E-state index contributed by atoms with van der Waals surface area (Å²) in [4.78, 5) is 33.7. The number of anilines is 1. The van der Waals surface area contributed by atoms with Crippen LogP contribution in [0.4, 0.5) is 24.5 Å². The first-order valence-electron chi connectivity index (χ1n) is 9.63. The molecule has 0 unspecified atom stereocenters. The number of alkyl halides is 3. The second-order valence-corrected chi connectivity index (χ2v) is 7.83. The highest BCUT2D eigenvalue weighted by Crippen LogP contribution is 2.36. The number of fused-ring (bicyclic) bond motifs is 1. The van der Waals surface area contributed by atoms with E-state index in [-0.39, 0.29) is 11.2 Å². The van der Waals surface area contributed by atoms with Crippen LogP contribution in [-0.4, -0.2) is 46.0 Å². The minimum atomic E-state index is -4.66. The first kappa shape index (κ1) is 22.0. The second-order valence-electron chi connectivity index (χ2n) is 7.40. The monoisotopic (exact) mass is 467 g/mol. The fourth-order valence-electron chi connectivity index (χ4n) is 3.71. The van der Waals surface area contributed by atoms with Gasteiger partial charge >= 0.3 is 6.18 Å². The van der Waals surface area contributed by atoms with Gasteiger partial charge in [-0.3, -0.25) is 19.8 Å². The number of aromatic amines is 1. The van der Waals surface area contributed by atoms with Gasteiger partial charge in [-0.15, -0.1) is 0 Å². The van der Waals surface area contributed by atoms with Gasteiger partial charge in [-0.05, 0) is 30.3 Å². The predicted molar refractivity (Wildman–Crippen MR) is 113 cm³/mol. The van der Waals surface area contributed by atoms with Crippen LogP contribution in [0.15, 0.2) is 41.2 Å². The van der Waals surface area contributed by atoms with Crippen LogP contribution >= 0.6 is 11.6 Å². The smallest absolute Gasteiger partial charge is 0.363 e. The Morgan fingerprint density at radius 1 is 1.12 bits per heavy atom. The molecule has 1 aliphatic rings. The number of halogens is 4. The summed E-state index contributed by atoms with van der Waals surface area (Å²) in [5.74, 6) is 0.457. The lowest BCUT2D eigenvalue weighted by Gasteiger charge is -2.35. The highest BCUT2D eigenvalue weighted by molar-refractivity contribution is 6.31. The molecule has 0 amide bonds. The van der Waals surface area contributed by atoms with Gasteiger partial charge < -0.3 is 9.88 Å². The van der Waals surface area contributed by atoms with E-state index in [0.29, 0.717) is 60.5 Å². The average Bonchev–Trinajstić information content (AvgIpc) is 2.73. The molecule has 1 N–H and O–H groups in total. The summed E-state index contributed by atoms with van der Waals surface area (Å²) in [7, 11) is 0. The van der Waals surface area contributed by atoms with Crippen LogP contribution in [0.1, 0.15) is 11.4 Å². The third kappa shape index (κ3) is 4.53. The number of H-pyrrole nitrogens is 1. The average molecular weight is 468 g/mol. The molecule has 8 nitrogen and oxygen atoms in total. The zero-order chi connectivity index (χ0) is 23.0. The van der Waals surface area contributed by atoms with E-state index >= 15 is 0 Å². The van der Waals surface area contributed by atoms with E-state index in [1.54, 1.807) is 23.1 Å². The lowest BCUT2D eigenvalue weighted by molar-refractivity contribution is -0.384. The molecule has 12 heteroatoms. The Hall–Kier alpha value is -3.18. The number of rotatable bonds is 4. The molecule has 168 valence electrons. The number of aromatic nitrogens is 2. The topological polar surface area (TPSA) is 95.4 Å². The summed E-state index contributed by atoms with van der Waals surface area (Å²) in [5, 5.41) is 12.3. The van der Waals surface area contributed by atoms with Gasteiger partial charge in [0.05, 0.1) is 27.9 Å². The summed E-state index contributed by atoms with van der Waals surface area (Å²) < 4.78 is 38.8. The number of nitrogens with one attached hydrogen (secondary N) is 1. The molecule has 3 aromatic rings. The third-order valence-corrected chi connectivity index (χ3v) is 5.54. The summed E-state index contributed by atoms with van der Waals surface area (Å²) in [6.45, 7) is 2.05. The zero-order valence-corrected chi connectivity index (χ0v) is 17.3. The molecule has 0 radical (unpaired) electrons. The van der Waals surface area contributed by atoms with Crippen molar-refractivity contribution in [3.05, 3.63) is 73.3 Å². The normalized spacial score (nSPS) is 15.3. The van der Waals surface area contributed by atoms with E-state index in [0.717, 1.165) is 12.1 Å². The molecule has 32 heavy (non-hydrogen) atoms. The van der Waals surface area contributed by atoms with Crippen LogP contribution in [0.3, 0.4) is 0 Å². The van der Waals surface area contributed by atoms with Crippen LogP contribution in [0.5, 0.6) is 0 Å². The number of piperazine rings is 1. The molecule has 4 rings (SSSR count). The first-order chi connectivity index (χ1) is 15.1. The van der Waals surface area contributed by atoms with E-state index in [1.165, 1.54) is 0 Å². The van der Waals surface area contributed by atoms with E-state index in [9.17, 15) is 28.1 Å². The highest BCUT2D eigenvalue weighted by atomic mass is 35.5. The van der Waals surface area contributed by atoms with Crippen molar-refractivity contribution in [2.45, 2.75) is 12.7 Å². The Labute approximate surface area is 184 Å². The van der Waals surface area contributed by atoms with Crippen molar-refractivity contribution < 1.29 is 18.1 Å². The number of hydrogen-bond donors (Lipinski definition) is 1. The third-order valence-electron chi connectivity index (χ3n) is 5.30. The number of hydrogen-bond acceptors (Lipinski definition) is 6. The second kappa shape index (κ2) is 8.40. The van der Waals surface area contributed by atoms with Crippen LogP contribution in [0, 0.1) is 10.1 Å². The summed E-state index contributed by atoms with van der Waals surface area (Å²) in [6, 6.07) is 7.38. The molecule has 2 heterocycles. The van der Waals surface area contributed by atoms with Crippen molar-refractivity contribution in [1.82, 2.24) is 14.9 Å². The minimum absolute atomic E-state index is 0.148. The number of benzene rings is 2. The Kier molecular flexibility index (Phi) is 5.78. The van der Waals surface area contributed by atoms with Crippen molar-refractivity contribution in [1.29, 1.82) is 0 Å². The van der Waals surface area contributed by atoms with Gasteiger partial charge in [0.15, 0.2) is 0 Å². The quantitative estimate of drug-likeness (QED) is 0.463. The predicted octanol–water partition coefficient (Wildman–Crippen LogP) is 3.83. The summed E-state index contributed by atoms with van der Waals surface area (Å²) in [6.07, 6.45) is -4.66. The van der Waals surface area contributed by atoms with Crippen LogP contribution < -0.4 is 10.5 Å². The minimum Gasteiger partial charge on any atom is -0.363 e. The lowest BCUT2D eigenvalue weighted by atomic mass is 10.1. The van der Waals surface area contributed by atoms with Gasteiger partial charge in [0.1, 0.15) is 11.5 Å². The van der Waals surface area contributed by atoms with Crippen molar-refractivity contribution in [2.75, 3.05) is 31.1 Å². The van der Waals surface area contributed by atoms with Gasteiger partial charge in [0.25, 0.3) is 11.2 Å².